The lowest BCUT2D eigenvalue weighted by Crippen LogP contribution is -2.64. The minimum absolute atomic E-state index is 0.0699. The average Bonchev–Trinajstić information content (AvgIpc) is 3.12. The summed E-state index contributed by atoms with van der Waals surface area (Å²) in [6.07, 6.45) is 3.48. The largest absolute Gasteiger partial charge is 0.369 e. The summed E-state index contributed by atoms with van der Waals surface area (Å²) in [5, 5.41) is 0.879. The van der Waals surface area contributed by atoms with E-state index in [1.54, 1.807) is 12.4 Å². The maximum Gasteiger partial charge on any atom is 0.256 e. The maximum absolute atomic E-state index is 13.1. The van der Waals surface area contributed by atoms with Gasteiger partial charge in [0.2, 0.25) is 0 Å². The molecule has 7 heteroatoms. The summed E-state index contributed by atoms with van der Waals surface area (Å²) in [4.78, 5) is 26.8. The van der Waals surface area contributed by atoms with Gasteiger partial charge >= 0.3 is 0 Å². The van der Waals surface area contributed by atoms with Gasteiger partial charge in [-0.1, -0.05) is 0 Å². The van der Waals surface area contributed by atoms with Gasteiger partial charge < -0.3 is 14.8 Å². The molecule has 2 saturated heterocycles. The number of aromatic amines is 1. The van der Waals surface area contributed by atoms with E-state index in [2.05, 4.69) is 19.8 Å². The van der Waals surface area contributed by atoms with Crippen LogP contribution in [-0.2, 0) is 0 Å². The van der Waals surface area contributed by atoms with Gasteiger partial charge in [-0.15, -0.1) is 0 Å². The third-order valence-corrected chi connectivity index (χ3v) is 5.85. The first-order chi connectivity index (χ1) is 13.7. The summed E-state index contributed by atoms with van der Waals surface area (Å²) in [7, 11) is 0. The molecule has 5 rings (SSSR count). The Morgan fingerprint density at radius 3 is 2.57 bits per heavy atom. The van der Waals surface area contributed by atoms with Crippen molar-refractivity contribution in [1.29, 1.82) is 0 Å². The number of halogens is 1. The lowest BCUT2D eigenvalue weighted by Gasteiger charge is -2.48. The first kappa shape index (κ1) is 17.2. The van der Waals surface area contributed by atoms with Crippen molar-refractivity contribution in [3.05, 3.63) is 60.2 Å². The van der Waals surface area contributed by atoms with Gasteiger partial charge in [-0.05, 0) is 36.4 Å². The average molecular weight is 379 g/mol. The molecule has 2 aliphatic heterocycles. The topological polar surface area (TPSA) is 55.5 Å². The van der Waals surface area contributed by atoms with E-state index in [9.17, 15) is 9.18 Å². The highest BCUT2D eigenvalue weighted by molar-refractivity contribution is 6.06. The first-order valence-electron chi connectivity index (χ1n) is 9.65. The molecule has 0 saturated carbocycles. The predicted molar refractivity (Wildman–Crippen MR) is 106 cm³/mol. The van der Waals surface area contributed by atoms with Crippen LogP contribution in [0.15, 0.2) is 48.8 Å². The number of anilines is 1. The van der Waals surface area contributed by atoms with E-state index in [1.807, 2.05) is 29.2 Å². The van der Waals surface area contributed by atoms with Crippen LogP contribution in [-0.4, -0.2) is 71.0 Å². The van der Waals surface area contributed by atoms with E-state index in [-0.39, 0.29) is 11.7 Å². The molecule has 3 aromatic rings. The lowest BCUT2D eigenvalue weighted by atomic mass is 10.0. The number of nitrogens with zero attached hydrogens (tertiary/aromatic N) is 4. The molecule has 144 valence electrons. The van der Waals surface area contributed by atoms with E-state index < -0.39 is 0 Å². The Kier molecular flexibility index (Phi) is 4.24. The molecule has 1 aromatic carbocycles. The number of H-pyrrole nitrogens is 1. The third-order valence-electron chi connectivity index (χ3n) is 5.85. The summed E-state index contributed by atoms with van der Waals surface area (Å²) < 4.78 is 13.1. The van der Waals surface area contributed by atoms with Crippen molar-refractivity contribution in [2.75, 3.05) is 44.2 Å². The number of rotatable bonds is 3. The number of hydrogen-bond donors (Lipinski definition) is 1. The standard InChI is InChI=1S/C21H22FN5O/c22-15-3-5-16(6-4-15)25-8-10-26(11-9-25)17-13-27(14-17)21(28)19-12-24-20-18(19)2-1-7-23-20/h1-7,12,17H,8-11,13-14H2,(H,23,24). The van der Waals surface area contributed by atoms with Crippen LogP contribution in [0.25, 0.3) is 11.0 Å². The van der Waals surface area contributed by atoms with Gasteiger partial charge in [-0.25, -0.2) is 9.37 Å². The van der Waals surface area contributed by atoms with Crippen molar-refractivity contribution < 1.29 is 9.18 Å². The molecule has 1 amide bonds. The zero-order chi connectivity index (χ0) is 19.1. The second kappa shape index (κ2) is 6.91. The van der Waals surface area contributed by atoms with E-state index in [4.69, 9.17) is 0 Å². The molecule has 2 aromatic heterocycles. The number of amides is 1. The fraction of sp³-hybridized carbons (Fsp3) is 0.333. The number of carbonyl (C=O) groups is 1. The fourth-order valence-corrected chi connectivity index (χ4v) is 4.15. The molecule has 1 N–H and O–H groups in total. The molecular weight excluding hydrogens is 357 g/mol. The van der Waals surface area contributed by atoms with Crippen molar-refractivity contribution in [3.8, 4) is 0 Å². The molecule has 0 bridgehead atoms. The number of hydrogen-bond acceptors (Lipinski definition) is 4. The maximum atomic E-state index is 13.1. The van der Waals surface area contributed by atoms with E-state index in [1.165, 1.54) is 12.1 Å². The van der Waals surface area contributed by atoms with E-state index >= 15 is 0 Å². The fourth-order valence-electron chi connectivity index (χ4n) is 4.15. The number of fused-ring (bicyclic) bond motifs is 1. The van der Waals surface area contributed by atoms with Gasteiger partial charge in [-0.3, -0.25) is 9.69 Å². The zero-order valence-corrected chi connectivity index (χ0v) is 15.5. The number of benzene rings is 1. The molecule has 0 radical (unpaired) electrons. The highest BCUT2D eigenvalue weighted by atomic mass is 19.1. The summed E-state index contributed by atoms with van der Waals surface area (Å²) in [6.45, 7) is 5.29. The Bertz CT molecular complexity index is 987. The molecule has 28 heavy (non-hydrogen) atoms. The van der Waals surface area contributed by atoms with Crippen LogP contribution in [0.2, 0.25) is 0 Å². The van der Waals surface area contributed by atoms with Crippen LogP contribution < -0.4 is 4.90 Å². The van der Waals surface area contributed by atoms with E-state index in [0.717, 1.165) is 56.0 Å². The molecule has 0 unspecified atom stereocenters. The quantitative estimate of drug-likeness (QED) is 0.759. The normalized spacial score (nSPS) is 18.5. The molecule has 0 spiro atoms. The molecular formula is C21H22FN5O. The Hall–Kier alpha value is -2.93. The van der Waals surface area contributed by atoms with Crippen LogP contribution in [0.3, 0.4) is 0 Å². The van der Waals surface area contributed by atoms with Crippen molar-refractivity contribution >= 4 is 22.6 Å². The Morgan fingerprint density at radius 2 is 1.82 bits per heavy atom. The second-order valence-electron chi connectivity index (χ2n) is 7.47. The summed E-state index contributed by atoms with van der Waals surface area (Å²) >= 11 is 0. The molecule has 2 aliphatic rings. The number of nitrogens with one attached hydrogen (secondary N) is 1. The summed E-state index contributed by atoms with van der Waals surface area (Å²) in [5.74, 6) is -0.131. The summed E-state index contributed by atoms with van der Waals surface area (Å²) in [6, 6.07) is 10.9. The first-order valence-corrected chi connectivity index (χ1v) is 9.65. The predicted octanol–water partition coefficient (Wildman–Crippen LogP) is 2.35. The van der Waals surface area contributed by atoms with Gasteiger partial charge in [0.1, 0.15) is 11.5 Å². The molecule has 6 nitrogen and oxygen atoms in total. The van der Waals surface area contributed by atoms with Gasteiger partial charge in [0.05, 0.1) is 5.56 Å². The number of likely N-dealkylation sites (tertiary alicyclic amines) is 1. The van der Waals surface area contributed by atoms with E-state index in [0.29, 0.717) is 11.6 Å². The molecule has 2 fully saturated rings. The van der Waals surface area contributed by atoms with Crippen LogP contribution in [0.1, 0.15) is 10.4 Å². The van der Waals surface area contributed by atoms with Gasteiger partial charge in [-0.2, -0.15) is 0 Å². The minimum atomic E-state index is -0.201. The Morgan fingerprint density at radius 1 is 1.07 bits per heavy atom. The van der Waals surface area contributed by atoms with Gasteiger partial charge in [0, 0.05) is 68.8 Å². The van der Waals surface area contributed by atoms with Crippen LogP contribution in [0.4, 0.5) is 10.1 Å². The monoisotopic (exact) mass is 379 g/mol. The minimum Gasteiger partial charge on any atom is -0.369 e. The smallest absolute Gasteiger partial charge is 0.256 e. The van der Waals surface area contributed by atoms with Crippen LogP contribution in [0.5, 0.6) is 0 Å². The van der Waals surface area contributed by atoms with Crippen molar-refractivity contribution in [1.82, 2.24) is 19.8 Å². The van der Waals surface area contributed by atoms with Crippen molar-refractivity contribution in [2.24, 2.45) is 0 Å². The third kappa shape index (κ3) is 3.01. The number of carbonyl (C=O) groups excluding carboxylic acids is 1. The molecule has 0 aliphatic carbocycles. The lowest BCUT2D eigenvalue weighted by molar-refractivity contribution is 0.0248. The highest BCUT2D eigenvalue weighted by Crippen LogP contribution is 2.24. The number of aromatic nitrogens is 2. The zero-order valence-electron chi connectivity index (χ0n) is 15.5. The van der Waals surface area contributed by atoms with Crippen molar-refractivity contribution in [2.45, 2.75) is 6.04 Å². The number of pyridine rings is 1. The molecule has 0 atom stereocenters. The molecule has 4 heterocycles. The second-order valence-corrected chi connectivity index (χ2v) is 7.47. The van der Waals surface area contributed by atoms with Crippen LogP contribution >= 0.6 is 0 Å². The summed E-state index contributed by atoms with van der Waals surface area (Å²) in [5.41, 5.74) is 2.52. The highest BCUT2D eigenvalue weighted by Gasteiger charge is 2.37. The van der Waals surface area contributed by atoms with Gasteiger partial charge in [0.25, 0.3) is 5.91 Å². The Labute approximate surface area is 162 Å². The van der Waals surface area contributed by atoms with Gasteiger partial charge in [0.15, 0.2) is 0 Å². The van der Waals surface area contributed by atoms with Crippen molar-refractivity contribution in [3.63, 3.8) is 0 Å². The Balaban J connectivity index is 1.16. The number of piperazine rings is 1. The SMILES string of the molecule is O=C(c1c[nH]c2ncccc12)N1CC(N2CCN(c3ccc(F)cc3)CC2)C1. The van der Waals surface area contributed by atoms with Crippen LogP contribution in [0, 0.1) is 5.82 Å².